The third kappa shape index (κ3) is 4.74. The van der Waals surface area contributed by atoms with Crippen LogP contribution >= 0.6 is 0 Å². The molecule has 3 aromatic rings. The first kappa shape index (κ1) is 19.0. The number of halogens is 1. The molecule has 1 heterocycles. The molecule has 0 radical (unpaired) electrons. The summed E-state index contributed by atoms with van der Waals surface area (Å²) in [6, 6.07) is 24.3. The van der Waals surface area contributed by atoms with Gasteiger partial charge in [0.15, 0.2) is 0 Å². The SMILES string of the molecule is O=C(CC1COc2cc(F)ccc2N1Cc1ccccc1)NCc1ccccc1. The first-order valence-corrected chi connectivity index (χ1v) is 9.72. The van der Waals surface area contributed by atoms with Crippen molar-refractivity contribution in [1.29, 1.82) is 0 Å². The second-order valence-electron chi connectivity index (χ2n) is 7.16. The first-order valence-electron chi connectivity index (χ1n) is 9.72. The van der Waals surface area contributed by atoms with E-state index in [-0.39, 0.29) is 17.8 Å². The van der Waals surface area contributed by atoms with Gasteiger partial charge in [-0.25, -0.2) is 4.39 Å². The summed E-state index contributed by atoms with van der Waals surface area (Å²) in [7, 11) is 0. The second-order valence-corrected chi connectivity index (χ2v) is 7.16. The van der Waals surface area contributed by atoms with Crippen molar-refractivity contribution in [3.63, 3.8) is 0 Å². The largest absolute Gasteiger partial charge is 0.489 e. The Hall–Kier alpha value is -3.34. The number of carbonyl (C=O) groups excluding carboxylic acids is 1. The van der Waals surface area contributed by atoms with Crippen molar-refractivity contribution in [2.45, 2.75) is 25.6 Å². The third-order valence-electron chi connectivity index (χ3n) is 5.05. The molecule has 148 valence electrons. The molecule has 0 saturated heterocycles. The van der Waals surface area contributed by atoms with Crippen molar-refractivity contribution in [3.05, 3.63) is 95.8 Å². The molecule has 1 aliphatic heterocycles. The molecule has 1 unspecified atom stereocenters. The zero-order chi connectivity index (χ0) is 20.1. The standard InChI is InChI=1S/C24H23FN2O2/c25-20-11-12-22-23(13-20)29-17-21(27(22)16-19-9-5-2-6-10-19)14-24(28)26-15-18-7-3-1-4-8-18/h1-13,21H,14-17H2,(H,26,28). The number of hydrogen-bond donors (Lipinski definition) is 1. The van der Waals surface area contributed by atoms with Crippen molar-refractivity contribution in [2.24, 2.45) is 0 Å². The van der Waals surface area contributed by atoms with Crippen LogP contribution in [0.1, 0.15) is 17.5 Å². The minimum atomic E-state index is -0.331. The van der Waals surface area contributed by atoms with Gasteiger partial charge in [0.25, 0.3) is 0 Å². The molecule has 4 rings (SSSR count). The Morgan fingerprint density at radius 1 is 1.00 bits per heavy atom. The molecule has 1 amide bonds. The molecule has 29 heavy (non-hydrogen) atoms. The highest BCUT2D eigenvalue weighted by atomic mass is 19.1. The molecule has 5 heteroatoms. The fraction of sp³-hybridized carbons (Fsp3) is 0.208. The van der Waals surface area contributed by atoms with Crippen molar-refractivity contribution in [3.8, 4) is 5.75 Å². The summed E-state index contributed by atoms with van der Waals surface area (Å²) in [5.41, 5.74) is 2.99. The quantitative estimate of drug-likeness (QED) is 0.682. The van der Waals surface area contributed by atoms with E-state index in [1.807, 2.05) is 60.7 Å². The van der Waals surface area contributed by atoms with E-state index in [9.17, 15) is 9.18 Å². The van der Waals surface area contributed by atoms with Gasteiger partial charge < -0.3 is 15.0 Å². The Morgan fingerprint density at radius 2 is 1.69 bits per heavy atom. The Labute approximate surface area is 169 Å². The van der Waals surface area contributed by atoms with E-state index in [1.54, 1.807) is 6.07 Å². The molecule has 4 nitrogen and oxygen atoms in total. The highest BCUT2D eigenvalue weighted by molar-refractivity contribution is 5.77. The molecule has 0 saturated carbocycles. The van der Waals surface area contributed by atoms with Crippen molar-refractivity contribution in [2.75, 3.05) is 11.5 Å². The van der Waals surface area contributed by atoms with Crippen LogP contribution in [0, 0.1) is 5.82 Å². The predicted molar refractivity (Wildman–Crippen MR) is 111 cm³/mol. The van der Waals surface area contributed by atoms with Gasteiger partial charge in [0.1, 0.15) is 18.2 Å². The lowest BCUT2D eigenvalue weighted by atomic mass is 10.1. The molecular weight excluding hydrogens is 367 g/mol. The number of fused-ring (bicyclic) bond motifs is 1. The number of carbonyl (C=O) groups is 1. The summed E-state index contributed by atoms with van der Waals surface area (Å²) < 4.78 is 19.4. The summed E-state index contributed by atoms with van der Waals surface area (Å²) in [5, 5.41) is 2.98. The van der Waals surface area contributed by atoms with E-state index in [2.05, 4.69) is 10.2 Å². The van der Waals surface area contributed by atoms with Crippen LogP contribution in [0.3, 0.4) is 0 Å². The highest BCUT2D eigenvalue weighted by Crippen LogP contribution is 2.36. The maximum atomic E-state index is 13.7. The molecule has 0 spiro atoms. The summed E-state index contributed by atoms with van der Waals surface area (Å²) in [6.45, 7) is 1.45. The topological polar surface area (TPSA) is 41.6 Å². The molecule has 3 aromatic carbocycles. The van der Waals surface area contributed by atoms with Gasteiger partial charge in [-0.15, -0.1) is 0 Å². The molecule has 1 aliphatic rings. The second kappa shape index (κ2) is 8.78. The molecule has 0 fully saturated rings. The molecule has 0 aromatic heterocycles. The van der Waals surface area contributed by atoms with Crippen molar-refractivity contribution in [1.82, 2.24) is 5.32 Å². The minimum Gasteiger partial charge on any atom is -0.489 e. The van der Waals surface area contributed by atoms with Crippen LogP contribution in [0.25, 0.3) is 0 Å². The number of ether oxygens (including phenoxy) is 1. The smallest absolute Gasteiger partial charge is 0.222 e. The third-order valence-corrected chi connectivity index (χ3v) is 5.05. The van der Waals surface area contributed by atoms with Gasteiger partial charge in [0, 0.05) is 19.2 Å². The monoisotopic (exact) mass is 390 g/mol. The lowest BCUT2D eigenvalue weighted by Crippen LogP contribution is -2.45. The number of nitrogens with one attached hydrogen (secondary N) is 1. The Kier molecular flexibility index (Phi) is 5.75. The van der Waals surface area contributed by atoms with Crippen LogP contribution in [-0.2, 0) is 17.9 Å². The Bertz CT molecular complexity index is 963. The van der Waals surface area contributed by atoms with Gasteiger partial charge in [0.2, 0.25) is 5.91 Å². The van der Waals surface area contributed by atoms with Gasteiger partial charge in [-0.05, 0) is 23.3 Å². The van der Waals surface area contributed by atoms with Gasteiger partial charge in [-0.2, -0.15) is 0 Å². The van der Waals surface area contributed by atoms with E-state index in [0.29, 0.717) is 31.9 Å². The average Bonchev–Trinajstić information content (AvgIpc) is 2.75. The van der Waals surface area contributed by atoms with Crippen LogP contribution in [0.4, 0.5) is 10.1 Å². The molecule has 0 aliphatic carbocycles. The molecular formula is C24H23FN2O2. The zero-order valence-electron chi connectivity index (χ0n) is 16.1. The first-order chi connectivity index (χ1) is 14.2. The molecule has 0 bridgehead atoms. The van der Waals surface area contributed by atoms with Gasteiger partial charge in [-0.1, -0.05) is 60.7 Å². The fourth-order valence-corrected chi connectivity index (χ4v) is 3.56. The summed E-state index contributed by atoms with van der Waals surface area (Å²) in [4.78, 5) is 14.7. The Balaban J connectivity index is 1.49. The van der Waals surface area contributed by atoms with E-state index in [1.165, 1.54) is 12.1 Å². The van der Waals surface area contributed by atoms with Gasteiger partial charge >= 0.3 is 0 Å². The summed E-state index contributed by atoms with van der Waals surface area (Å²) >= 11 is 0. The van der Waals surface area contributed by atoms with E-state index < -0.39 is 0 Å². The lowest BCUT2D eigenvalue weighted by Gasteiger charge is -2.38. The maximum Gasteiger partial charge on any atom is 0.222 e. The Morgan fingerprint density at radius 3 is 2.41 bits per heavy atom. The molecule has 1 atom stereocenters. The minimum absolute atomic E-state index is 0.0360. The van der Waals surface area contributed by atoms with Crippen LogP contribution in [0.2, 0.25) is 0 Å². The van der Waals surface area contributed by atoms with Crippen LogP contribution < -0.4 is 15.0 Å². The van der Waals surface area contributed by atoms with E-state index >= 15 is 0 Å². The van der Waals surface area contributed by atoms with Crippen molar-refractivity contribution < 1.29 is 13.9 Å². The molecule has 1 N–H and O–H groups in total. The zero-order valence-corrected chi connectivity index (χ0v) is 16.1. The van der Waals surface area contributed by atoms with E-state index in [0.717, 1.165) is 16.8 Å². The number of hydrogen-bond acceptors (Lipinski definition) is 3. The lowest BCUT2D eigenvalue weighted by molar-refractivity contribution is -0.121. The number of amides is 1. The maximum absolute atomic E-state index is 13.7. The summed E-state index contributed by atoms with van der Waals surface area (Å²) in [6.07, 6.45) is 0.302. The number of benzene rings is 3. The van der Waals surface area contributed by atoms with E-state index in [4.69, 9.17) is 4.74 Å². The number of rotatable bonds is 6. The summed E-state index contributed by atoms with van der Waals surface area (Å²) in [5.74, 6) is 0.149. The van der Waals surface area contributed by atoms with Crippen LogP contribution in [0.15, 0.2) is 78.9 Å². The normalized spacial score (nSPS) is 15.3. The number of anilines is 1. The van der Waals surface area contributed by atoms with Gasteiger partial charge in [0.05, 0.1) is 18.2 Å². The van der Waals surface area contributed by atoms with Crippen molar-refractivity contribution >= 4 is 11.6 Å². The van der Waals surface area contributed by atoms with Gasteiger partial charge in [-0.3, -0.25) is 4.79 Å². The highest BCUT2D eigenvalue weighted by Gasteiger charge is 2.29. The van der Waals surface area contributed by atoms with Crippen LogP contribution in [0.5, 0.6) is 5.75 Å². The number of nitrogens with zero attached hydrogens (tertiary/aromatic N) is 1. The predicted octanol–water partition coefficient (Wildman–Crippen LogP) is 4.30. The average molecular weight is 390 g/mol. The van der Waals surface area contributed by atoms with Crippen LogP contribution in [-0.4, -0.2) is 18.6 Å². The fourth-order valence-electron chi connectivity index (χ4n) is 3.56.